The molecule has 0 atom stereocenters. The molecule has 1 rings (SSSR count). The molecule has 17 heavy (non-hydrogen) atoms. The Morgan fingerprint density at radius 2 is 2.12 bits per heavy atom. The van der Waals surface area contributed by atoms with E-state index < -0.39 is 0 Å². The summed E-state index contributed by atoms with van der Waals surface area (Å²) < 4.78 is 17.6. The molecule has 0 fully saturated rings. The molecule has 0 aliphatic heterocycles. The second kappa shape index (κ2) is 7.62. The van der Waals surface area contributed by atoms with Crippen molar-refractivity contribution in [2.75, 3.05) is 26.8 Å². The standard InChI is InChI=1S/C12H17FN2O2/c1-17-8-7-15-12(16)14-6-5-10-3-2-4-11(13)9-10/h2-4,9H,5-8H2,1H3,(H2,14,15,16). The predicted octanol–water partition coefficient (Wildman–Crippen LogP) is 1.31. The van der Waals surface area contributed by atoms with Crippen LogP contribution in [0.1, 0.15) is 5.56 Å². The maximum absolute atomic E-state index is 12.8. The second-order valence-electron chi connectivity index (χ2n) is 3.56. The first-order valence-corrected chi connectivity index (χ1v) is 5.47. The number of methoxy groups -OCH3 is 1. The Labute approximate surface area is 100 Å². The minimum Gasteiger partial charge on any atom is -0.383 e. The van der Waals surface area contributed by atoms with E-state index in [4.69, 9.17) is 4.74 Å². The third-order valence-corrected chi connectivity index (χ3v) is 2.18. The first-order chi connectivity index (χ1) is 8.22. The van der Waals surface area contributed by atoms with E-state index in [2.05, 4.69) is 10.6 Å². The lowest BCUT2D eigenvalue weighted by Gasteiger charge is -2.07. The summed E-state index contributed by atoms with van der Waals surface area (Å²) in [4.78, 5) is 11.2. The number of carbonyl (C=O) groups is 1. The smallest absolute Gasteiger partial charge is 0.314 e. The van der Waals surface area contributed by atoms with Gasteiger partial charge in [-0.05, 0) is 24.1 Å². The Balaban J connectivity index is 2.17. The van der Waals surface area contributed by atoms with E-state index in [0.717, 1.165) is 5.56 Å². The van der Waals surface area contributed by atoms with E-state index >= 15 is 0 Å². The summed E-state index contributed by atoms with van der Waals surface area (Å²) in [5.74, 6) is -0.257. The largest absolute Gasteiger partial charge is 0.383 e. The Hall–Kier alpha value is -1.62. The van der Waals surface area contributed by atoms with Crippen LogP contribution in [0.3, 0.4) is 0 Å². The third-order valence-electron chi connectivity index (χ3n) is 2.18. The molecule has 94 valence electrons. The first kappa shape index (κ1) is 13.4. The fourth-order valence-corrected chi connectivity index (χ4v) is 1.34. The van der Waals surface area contributed by atoms with Crippen LogP contribution in [0.25, 0.3) is 0 Å². The van der Waals surface area contributed by atoms with Gasteiger partial charge in [-0.15, -0.1) is 0 Å². The van der Waals surface area contributed by atoms with Crippen molar-refractivity contribution in [3.05, 3.63) is 35.6 Å². The highest BCUT2D eigenvalue weighted by atomic mass is 19.1. The molecule has 5 heteroatoms. The van der Waals surface area contributed by atoms with Crippen LogP contribution < -0.4 is 10.6 Å². The SMILES string of the molecule is COCCNC(=O)NCCc1cccc(F)c1. The van der Waals surface area contributed by atoms with E-state index in [1.165, 1.54) is 12.1 Å². The van der Waals surface area contributed by atoms with Gasteiger partial charge in [-0.2, -0.15) is 0 Å². The van der Waals surface area contributed by atoms with E-state index in [0.29, 0.717) is 26.1 Å². The summed E-state index contributed by atoms with van der Waals surface area (Å²) >= 11 is 0. The highest BCUT2D eigenvalue weighted by molar-refractivity contribution is 5.73. The quantitative estimate of drug-likeness (QED) is 0.737. The number of halogens is 1. The van der Waals surface area contributed by atoms with E-state index in [1.807, 2.05) is 6.07 Å². The van der Waals surface area contributed by atoms with Gasteiger partial charge in [-0.25, -0.2) is 9.18 Å². The molecule has 0 aliphatic carbocycles. The Bertz CT molecular complexity index is 358. The van der Waals surface area contributed by atoms with Crippen LogP contribution in [0.15, 0.2) is 24.3 Å². The van der Waals surface area contributed by atoms with Gasteiger partial charge in [0.1, 0.15) is 5.82 Å². The maximum Gasteiger partial charge on any atom is 0.314 e. The fourth-order valence-electron chi connectivity index (χ4n) is 1.34. The zero-order chi connectivity index (χ0) is 12.5. The molecule has 0 bridgehead atoms. The molecule has 1 aromatic carbocycles. The molecule has 0 radical (unpaired) electrons. The van der Waals surface area contributed by atoms with Crippen LogP contribution in [-0.2, 0) is 11.2 Å². The van der Waals surface area contributed by atoms with Crippen LogP contribution in [0.5, 0.6) is 0 Å². The number of urea groups is 1. The molecule has 0 saturated carbocycles. The lowest BCUT2D eigenvalue weighted by atomic mass is 10.1. The monoisotopic (exact) mass is 240 g/mol. The highest BCUT2D eigenvalue weighted by Crippen LogP contribution is 2.03. The molecule has 0 saturated heterocycles. The molecule has 0 spiro atoms. The summed E-state index contributed by atoms with van der Waals surface area (Å²) in [6.45, 7) is 1.43. The zero-order valence-electron chi connectivity index (χ0n) is 9.83. The Morgan fingerprint density at radius 1 is 1.35 bits per heavy atom. The van der Waals surface area contributed by atoms with Crippen LogP contribution in [0.4, 0.5) is 9.18 Å². The van der Waals surface area contributed by atoms with Gasteiger partial charge in [-0.1, -0.05) is 12.1 Å². The van der Waals surface area contributed by atoms with Crippen LogP contribution in [0, 0.1) is 5.82 Å². The summed E-state index contributed by atoms with van der Waals surface area (Å²) in [6.07, 6.45) is 0.607. The van der Waals surface area contributed by atoms with Crippen molar-refractivity contribution in [1.29, 1.82) is 0 Å². The molecule has 0 heterocycles. The van der Waals surface area contributed by atoms with Crippen molar-refractivity contribution >= 4 is 6.03 Å². The number of hydrogen-bond donors (Lipinski definition) is 2. The van der Waals surface area contributed by atoms with Crippen molar-refractivity contribution in [2.45, 2.75) is 6.42 Å². The average Bonchev–Trinajstić information content (AvgIpc) is 2.29. The first-order valence-electron chi connectivity index (χ1n) is 5.47. The lowest BCUT2D eigenvalue weighted by molar-refractivity contribution is 0.196. The van der Waals surface area contributed by atoms with E-state index in [1.54, 1.807) is 13.2 Å². The van der Waals surface area contributed by atoms with Gasteiger partial charge in [0, 0.05) is 20.2 Å². The molecule has 1 aromatic rings. The summed E-state index contributed by atoms with van der Waals surface area (Å²) in [5, 5.41) is 5.31. The number of nitrogens with one attached hydrogen (secondary N) is 2. The molecule has 0 aliphatic rings. The van der Waals surface area contributed by atoms with Gasteiger partial charge in [0.2, 0.25) is 0 Å². The van der Waals surface area contributed by atoms with Gasteiger partial charge in [0.15, 0.2) is 0 Å². The van der Waals surface area contributed by atoms with Gasteiger partial charge in [-0.3, -0.25) is 0 Å². The third kappa shape index (κ3) is 5.87. The van der Waals surface area contributed by atoms with E-state index in [9.17, 15) is 9.18 Å². The van der Waals surface area contributed by atoms with Crippen LogP contribution in [-0.4, -0.2) is 32.8 Å². The lowest BCUT2D eigenvalue weighted by Crippen LogP contribution is -2.38. The van der Waals surface area contributed by atoms with Gasteiger partial charge in [0.05, 0.1) is 6.61 Å². The minimum absolute atomic E-state index is 0.238. The number of amides is 2. The van der Waals surface area contributed by atoms with Crippen LogP contribution in [0.2, 0.25) is 0 Å². The van der Waals surface area contributed by atoms with Crippen molar-refractivity contribution in [1.82, 2.24) is 10.6 Å². The molecule has 4 nitrogen and oxygen atoms in total. The maximum atomic E-state index is 12.8. The van der Waals surface area contributed by atoms with Gasteiger partial charge < -0.3 is 15.4 Å². The Kier molecular flexibility index (Phi) is 6.03. The number of carbonyl (C=O) groups excluding carboxylic acids is 1. The zero-order valence-corrected chi connectivity index (χ0v) is 9.83. The molecule has 2 amide bonds. The summed E-state index contributed by atoms with van der Waals surface area (Å²) in [7, 11) is 1.57. The predicted molar refractivity (Wildman–Crippen MR) is 63.4 cm³/mol. The van der Waals surface area contributed by atoms with Gasteiger partial charge >= 0.3 is 6.03 Å². The fraction of sp³-hybridized carbons (Fsp3) is 0.417. The highest BCUT2D eigenvalue weighted by Gasteiger charge is 1.99. The molecule has 0 unspecified atom stereocenters. The van der Waals surface area contributed by atoms with Gasteiger partial charge in [0.25, 0.3) is 0 Å². The molecule has 0 aromatic heterocycles. The van der Waals surface area contributed by atoms with Crippen molar-refractivity contribution in [2.24, 2.45) is 0 Å². The molecular weight excluding hydrogens is 223 g/mol. The Morgan fingerprint density at radius 3 is 2.82 bits per heavy atom. The van der Waals surface area contributed by atoms with Crippen LogP contribution >= 0.6 is 0 Å². The summed E-state index contributed by atoms with van der Waals surface area (Å²) in [6, 6.07) is 6.11. The number of ether oxygens (including phenoxy) is 1. The van der Waals surface area contributed by atoms with E-state index in [-0.39, 0.29) is 11.8 Å². The van der Waals surface area contributed by atoms with Crippen molar-refractivity contribution < 1.29 is 13.9 Å². The number of rotatable bonds is 6. The molecular formula is C12H17FN2O2. The van der Waals surface area contributed by atoms with Crippen molar-refractivity contribution in [3.8, 4) is 0 Å². The average molecular weight is 240 g/mol. The minimum atomic E-state index is -0.257. The number of hydrogen-bond acceptors (Lipinski definition) is 2. The topological polar surface area (TPSA) is 50.4 Å². The number of benzene rings is 1. The second-order valence-corrected chi connectivity index (χ2v) is 3.56. The molecule has 2 N–H and O–H groups in total. The normalized spacial score (nSPS) is 10.0. The van der Waals surface area contributed by atoms with Crippen molar-refractivity contribution in [3.63, 3.8) is 0 Å². The summed E-state index contributed by atoms with van der Waals surface area (Å²) in [5.41, 5.74) is 0.863.